The Morgan fingerprint density at radius 2 is 0.673 bits per heavy atom. The Kier molecular flexibility index (Phi) is 30.1. The van der Waals surface area contributed by atoms with Crippen molar-refractivity contribution in [3.05, 3.63) is 201 Å². The lowest BCUT2D eigenvalue weighted by molar-refractivity contribution is -0.143. The monoisotopic (exact) mass is 1530 g/mol. The van der Waals surface area contributed by atoms with E-state index in [0.29, 0.717) is 32.7 Å². The number of ether oxygens (including phenoxy) is 3. The number of aromatic hydroxyl groups is 7. The van der Waals surface area contributed by atoms with Gasteiger partial charge in [0, 0.05) is 56.0 Å². The highest BCUT2D eigenvalue weighted by Gasteiger charge is 2.30. The van der Waals surface area contributed by atoms with E-state index in [0.717, 1.165) is 83.1 Å². The summed E-state index contributed by atoms with van der Waals surface area (Å²) in [5, 5.41) is 98.8. The van der Waals surface area contributed by atoms with Crippen LogP contribution >= 0.6 is 34.0 Å². The zero-order valence-corrected chi connectivity index (χ0v) is 61.0. The molecule has 0 aliphatic heterocycles. The molecule has 566 valence electrons. The van der Waals surface area contributed by atoms with Crippen molar-refractivity contribution in [3.63, 3.8) is 0 Å². The standard InChI is InChI=1S/C25H25N3O8S.C24H23N3O8S.C23H29N3O7S/c1-13-6-20(23(33)26-11-14-4-3-5-16(29)7-14)37-21(13)24(34)28-19(25(35)36-2)12-27-22(32)15-8-17(30)10-18(31)9-15;1-12-5-19(22(32)25-10-13-3-2-4-15(28)6-13)36-20(12)23(33)27-18(24(34)35)11-26-21(31)14-7-16(29)9-17(30)8-14;1-13-9-17(19(28)24-11-14-7-6-8-15(27)10-14)34-18(13)20(29)26-16(21(30)32-5)12-25-22(31)33-23(2,3)4/h3-10,19,29-31H,11-12H2,1-2H3,(H,26,33)(H,27,32)(H,28,34);2-9,18,28-30H,10-11H2,1H3,(H,25,32)(H,26,31)(H,27,33)(H,34,35);6-10,16,27H,11-12H2,1-5H3,(H,24,28)(H,25,31)(H,26,29)/t19-;18-;16-/m000/s1. The number of carboxylic acid groups (broad SMARTS) is 1. The molecule has 3 heterocycles. The molecule has 0 unspecified atom stereocenters. The summed E-state index contributed by atoms with van der Waals surface area (Å²) in [6.07, 6.45) is -0.742. The summed E-state index contributed by atoms with van der Waals surface area (Å²) in [6.45, 7) is 9.48. The fourth-order valence-corrected chi connectivity index (χ4v) is 12.3. The number of phenolic OH excluding ortho intramolecular Hbond substituents is 7. The van der Waals surface area contributed by atoms with E-state index in [1.807, 2.05) is 0 Å². The predicted molar refractivity (Wildman–Crippen MR) is 389 cm³/mol. The van der Waals surface area contributed by atoms with Crippen molar-refractivity contribution in [2.24, 2.45) is 0 Å². The molecular formula is C72H77N9O23S3. The van der Waals surface area contributed by atoms with Crippen LogP contribution in [0.4, 0.5) is 4.79 Å². The first-order valence-corrected chi connectivity index (χ1v) is 34.3. The first-order valence-electron chi connectivity index (χ1n) is 31.9. The van der Waals surface area contributed by atoms with Crippen LogP contribution in [0, 0.1) is 20.8 Å². The van der Waals surface area contributed by atoms with Gasteiger partial charge in [0.1, 0.15) is 64.0 Å². The van der Waals surface area contributed by atoms with Gasteiger partial charge in [-0.05, 0) is 154 Å². The zero-order chi connectivity index (χ0) is 79.0. The van der Waals surface area contributed by atoms with Gasteiger partial charge in [0.2, 0.25) is 0 Å². The number of carbonyl (C=O) groups excluding carboxylic acids is 11. The van der Waals surface area contributed by atoms with Crippen LogP contribution in [-0.4, -0.2) is 170 Å². The number of phenols is 7. The molecule has 8 aromatic rings. The van der Waals surface area contributed by atoms with Gasteiger partial charge in [0.25, 0.3) is 47.3 Å². The number of esters is 2. The number of nitrogens with one attached hydrogen (secondary N) is 9. The summed E-state index contributed by atoms with van der Waals surface area (Å²) in [5.41, 5.74) is 2.75. The number of carboxylic acids is 1. The molecule has 32 nitrogen and oxygen atoms in total. The second-order valence-corrected chi connectivity index (χ2v) is 27.3. The van der Waals surface area contributed by atoms with Crippen LogP contribution in [0.5, 0.6) is 40.2 Å². The molecule has 0 saturated carbocycles. The van der Waals surface area contributed by atoms with Crippen molar-refractivity contribution in [2.45, 2.75) is 84.9 Å². The van der Waals surface area contributed by atoms with Crippen LogP contribution in [-0.2, 0) is 48.2 Å². The first kappa shape index (κ1) is 83.2. The number of hydrogen-bond donors (Lipinski definition) is 17. The van der Waals surface area contributed by atoms with Gasteiger partial charge in [-0.2, -0.15) is 0 Å². The Hall–Kier alpha value is -12.8. The normalized spacial score (nSPS) is 11.5. The van der Waals surface area contributed by atoms with E-state index in [1.165, 1.54) is 49.6 Å². The number of amides is 9. The van der Waals surface area contributed by atoms with Gasteiger partial charge in [-0.15, -0.1) is 34.0 Å². The molecule has 17 N–H and O–H groups in total. The molecule has 0 bridgehead atoms. The van der Waals surface area contributed by atoms with Crippen molar-refractivity contribution in [1.82, 2.24) is 47.9 Å². The van der Waals surface area contributed by atoms with Crippen LogP contribution in [0.2, 0.25) is 0 Å². The third-order valence-corrected chi connectivity index (χ3v) is 18.1. The summed E-state index contributed by atoms with van der Waals surface area (Å²) in [4.78, 5) is 150. The first-order chi connectivity index (χ1) is 50.5. The maximum Gasteiger partial charge on any atom is 0.407 e. The number of rotatable bonds is 26. The summed E-state index contributed by atoms with van der Waals surface area (Å²) >= 11 is 2.78. The van der Waals surface area contributed by atoms with Crippen molar-refractivity contribution < 1.29 is 113 Å². The van der Waals surface area contributed by atoms with Crippen LogP contribution in [0.15, 0.2) is 127 Å². The van der Waals surface area contributed by atoms with Gasteiger partial charge in [-0.3, -0.25) is 38.4 Å². The third-order valence-electron chi connectivity index (χ3n) is 14.4. The van der Waals surface area contributed by atoms with Crippen molar-refractivity contribution in [1.29, 1.82) is 0 Å². The molecule has 0 radical (unpaired) electrons. The van der Waals surface area contributed by atoms with E-state index >= 15 is 0 Å². The number of carbonyl (C=O) groups is 12. The maximum absolute atomic E-state index is 12.9. The minimum absolute atomic E-state index is 0.0529. The Labute approximate surface area is 622 Å². The number of methoxy groups -OCH3 is 2. The lowest BCUT2D eigenvalue weighted by Gasteiger charge is -2.21. The molecule has 3 aromatic heterocycles. The Balaban J connectivity index is 0.000000251. The molecule has 0 aliphatic rings. The minimum Gasteiger partial charge on any atom is -0.508 e. The van der Waals surface area contributed by atoms with Gasteiger partial charge in [-0.25, -0.2) is 19.2 Å². The van der Waals surface area contributed by atoms with Gasteiger partial charge in [0.15, 0.2) is 0 Å². The zero-order valence-electron chi connectivity index (χ0n) is 58.5. The molecule has 5 aromatic carbocycles. The van der Waals surface area contributed by atoms with E-state index in [4.69, 9.17) is 14.2 Å². The maximum atomic E-state index is 12.9. The van der Waals surface area contributed by atoms with Gasteiger partial charge < -0.3 is 103 Å². The van der Waals surface area contributed by atoms with Crippen molar-refractivity contribution >= 4 is 105 Å². The average molecular weight is 1530 g/mol. The molecule has 9 amide bonds. The van der Waals surface area contributed by atoms with Crippen molar-refractivity contribution in [3.8, 4) is 40.2 Å². The van der Waals surface area contributed by atoms with E-state index < -0.39 is 95.6 Å². The number of aryl methyl sites for hydroxylation is 3. The summed E-state index contributed by atoms with van der Waals surface area (Å²) in [7, 11) is 2.29. The van der Waals surface area contributed by atoms with E-state index in [-0.39, 0.29) is 114 Å². The number of benzene rings is 5. The minimum atomic E-state index is -1.49. The fourth-order valence-electron chi connectivity index (χ4n) is 9.35. The number of alkyl carbamates (subject to hydrolysis) is 1. The van der Waals surface area contributed by atoms with E-state index in [9.17, 15) is 98.4 Å². The highest BCUT2D eigenvalue weighted by Crippen LogP contribution is 2.27. The second-order valence-electron chi connectivity index (χ2n) is 24.2. The SMILES string of the molecule is COC(=O)[C@H](CNC(=O)OC(C)(C)C)NC(=O)c1sc(C(=O)NCc2cccc(O)c2)cc1C.COC(=O)[C@H](CNC(=O)c1cc(O)cc(O)c1)NC(=O)c1sc(C(=O)NCc2cccc(O)c2)cc1C.Cc1cc(C(=O)NCc2cccc(O)c2)sc1C(=O)N[C@@H](CNC(=O)c1cc(O)cc(O)c1)C(=O)O. The molecule has 0 aliphatic carbocycles. The lowest BCUT2D eigenvalue weighted by Crippen LogP contribution is -2.49. The third kappa shape index (κ3) is 26.2. The van der Waals surface area contributed by atoms with Gasteiger partial charge in [-0.1, -0.05) is 36.4 Å². The molecule has 3 atom stereocenters. The van der Waals surface area contributed by atoms with Crippen LogP contribution in [0.3, 0.4) is 0 Å². The largest absolute Gasteiger partial charge is 0.508 e. The Bertz CT molecular complexity index is 4580. The fraction of sp³-hybridized carbons (Fsp3) is 0.250. The molecule has 107 heavy (non-hydrogen) atoms. The molecule has 8 rings (SSSR count). The highest BCUT2D eigenvalue weighted by molar-refractivity contribution is 7.17. The Morgan fingerprint density at radius 3 is 0.963 bits per heavy atom. The smallest absolute Gasteiger partial charge is 0.407 e. The van der Waals surface area contributed by atoms with Gasteiger partial charge in [0.05, 0.1) is 50.0 Å². The molecular weight excluding hydrogens is 1460 g/mol. The number of hydrogen-bond acceptors (Lipinski definition) is 25. The van der Waals surface area contributed by atoms with Crippen LogP contribution in [0.25, 0.3) is 0 Å². The van der Waals surface area contributed by atoms with Crippen LogP contribution in [0.1, 0.15) is 133 Å². The Morgan fingerprint density at radius 1 is 0.374 bits per heavy atom. The quantitative estimate of drug-likeness (QED) is 0.0218. The number of thiophene rings is 3. The predicted octanol–water partition coefficient (Wildman–Crippen LogP) is 6.01. The van der Waals surface area contributed by atoms with E-state index in [2.05, 4.69) is 47.9 Å². The summed E-state index contributed by atoms with van der Waals surface area (Å²) in [5.74, 6) is -8.74. The lowest BCUT2D eigenvalue weighted by atomic mass is 10.1. The summed E-state index contributed by atoms with van der Waals surface area (Å²) in [6, 6.07) is 26.6. The topological polar surface area (TPSA) is 503 Å². The molecule has 35 heteroatoms. The molecule has 0 fully saturated rings. The number of aliphatic carboxylic acids is 1. The second kappa shape index (κ2) is 38.7. The molecule has 0 saturated heterocycles. The average Bonchev–Trinajstić information content (AvgIpc) is 1.69. The van der Waals surface area contributed by atoms with E-state index in [1.54, 1.807) is 90.1 Å². The highest BCUT2D eigenvalue weighted by atomic mass is 32.1. The van der Waals surface area contributed by atoms with Crippen LogP contribution < -0.4 is 47.9 Å². The van der Waals surface area contributed by atoms with Gasteiger partial charge >= 0.3 is 24.0 Å². The molecule has 0 spiro atoms. The van der Waals surface area contributed by atoms with Crippen molar-refractivity contribution in [2.75, 3.05) is 33.9 Å². The summed E-state index contributed by atoms with van der Waals surface area (Å²) < 4.78 is 14.6.